The van der Waals surface area contributed by atoms with E-state index >= 15 is 0 Å². The summed E-state index contributed by atoms with van der Waals surface area (Å²) in [5, 5.41) is 3.80. The van der Waals surface area contributed by atoms with Gasteiger partial charge in [-0.25, -0.2) is 4.79 Å². The molecule has 0 fully saturated rings. The number of carbonyl (C=O) groups is 1. The Kier molecular flexibility index (Phi) is 5.70. The highest BCUT2D eigenvalue weighted by Crippen LogP contribution is 2.37. The molecule has 4 nitrogen and oxygen atoms in total. The number of nitrogens with one attached hydrogen (secondary N) is 1. The molecule has 5 rings (SSSR count). The molecule has 2 amide bonds. The zero-order valence-electron chi connectivity index (χ0n) is 17.6. The number of rotatable bonds is 4. The van der Waals surface area contributed by atoms with Crippen molar-refractivity contribution in [2.75, 3.05) is 6.54 Å². The van der Waals surface area contributed by atoms with Crippen LogP contribution in [-0.4, -0.2) is 22.0 Å². The van der Waals surface area contributed by atoms with Crippen molar-refractivity contribution in [3.8, 4) is 5.69 Å². The monoisotopic (exact) mass is 441 g/mol. The van der Waals surface area contributed by atoms with E-state index in [-0.39, 0.29) is 12.1 Å². The topological polar surface area (TPSA) is 37.3 Å². The van der Waals surface area contributed by atoms with Crippen LogP contribution in [0.15, 0.2) is 97.2 Å². The summed E-state index contributed by atoms with van der Waals surface area (Å²) >= 11 is 6.35. The first-order valence-corrected chi connectivity index (χ1v) is 11.2. The summed E-state index contributed by atoms with van der Waals surface area (Å²) in [5.41, 5.74) is 5.43. The van der Waals surface area contributed by atoms with Gasteiger partial charge < -0.3 is 14.8 Å². The molecule has 32 heavy (non-hydrogen) atoms. The fraction of sp³-hybridized carbons (Fsp3) is 0.148. The molecule has 0 bridgehead atoms. The van der Waals surface area contributed by atoms with E-state index in [4.69, 9.17) is 11.6 Å². The van der Waals surface area contributed by atoms with E-state index in [0.717, 1.165) is 28.9 Å². The van der Waals surface area contributed by atoms with Gasteiger partial charge in [-0.05, 0) is 53.4 Å². The van der Waals surface area contributed by atoms with Crippen LogP contribution in [0, 0.1) is 0 Å². The maximum Gasteiger partial charge on any atom is 0.318 e. The predicted octanol–water partition coefficient (Wildman–Crippen LogP) is 5.99. The highest BCUT2D eigenvalue weighted by atomic mass is 35.5. The SMILES string of the molecule is O=C(NCCc1ccccc1)N1Cc2ccccc2-n2cccc2[C@@H]1c1cccc(Cl)c1. The average molecular weight is 442 g/mol. The van der Waals surface area contributed by atoms with Gasteiger partial charge in [0, 0.05) is 23.5 Å². The van der Waals surface area contributed by atoms with Crippen molar-refractivity contribution in [3.63, 3.8) is 0 Å². The van der Waals surface area contributed by atoms with Gasteiger partial charge >= 0.3 is 6.03 Å². The van der Waals surface area contributed by atoms with Crippen molar-refractivity contribution in [3.05, 3.63) is 125 Å². The highest BCUT2D eigenvalue weighted by molar-refractivity contribution is 6.30. The first-order valence-electron chi connectivity index (χ1n) is 10.8. The number of fused-ring (bicyclic) bond motifs is 3. The van der Waals surface area contributed by atoms with E-state index in [9.17, 15) is 4.79 Å². The number of halogens is 1. The third-order valence-electron chi connectivity index (χ3n) is 5.92. The van der Waals surface area contributed by atoms with Gasteiger partial charge in [0.1, 0.15) is 0 Å². The second kappa shape index (κ2) is 8.93. The van der Waals surface area contributed by atoms with Gasteiger partial charge in [-0.1, -0.05) is 72.3 Å². The van der Waals surface area contributed by atoms with E-state index in [1.807, 2.05) is 65.6 Å². The number of hydrogen-bond acceptors (Lipinski definition) is 1. The predicted molar refractivity (Wildman–Crippen MR) is 128 cm³/mol. The number of hydrogen-bond donors (Lipinski definition) is 1. The summed E-state index contributed by atoms with van der Waals surface area (Å²) in [4.78, 5) is 15.4. The van der Waals surface area contributed by atoms with Crippen LogP contribution in [0.4, 0.5) is 4.79 Å². The lowest BCUT2D eigenvalue weighted by Crippen LogP contribution is -2.42. The van der Waals surface area contributed by atoms with Gasteiger partial charge in [-0.2, -0.15) is 0 Å². The van der Waals surface area contributed by atoms with Crippen LogP contribution in [0.2, 0.25) is 5.02 Å². The molecule has 1 atom stereocenters. The molecular weight excluding hydrogens is 418 g/mol. The van der Waals surface area contributed by atoms with Gasteiger partial charge in [-0.15, -0.1) is 0 Å². The van der Waals surface area contributed by atoms with Crippen LogP contribution < -0.4 is 5.32 Å². The van der Waals surface area contributed by atoms with E-state index < -0.39 is 0 Å². The first-order chi connectivity index (χ1) is 15.7. The Labute approximate surface area is 193 Å². The summed E-state index contributed by atoms with van der Waals surface area (Å²) in [6.45, 7) is 1.08. The van der Waals surface area contributed by atoms with Crippen LogP contribution in [-0.2, 0) is 13.0 Å². The Bertz CT molecular complexity index is 1230. The molecule has 1 aliphatic rings. The molecule has 160 valence electrons. The maximum atomic E-state index is 13.5. The van der Waals surface area contributed by atoms with Crippen LogP contribution in [0.3, 0.4) is 0 Å². The number of urea groups is 1. The van der Waals surface area contributed by atoms with E-state index in [1.54, 1.807) is 0 Å². The first kappa shape index (κ1) is 20.4. The van der Waals surface area contributed by atoms with Crippen molar-refractivity contribution in [1.29, 1.82) is 0 Å². The molecular formula is C27H24ClN3O. The fourth-order valence-electron chi connectivity index (χ4n) is 4.43. The van der Waals surface area contributed by atoms with Crippen molar-refractivity contribution < 1.29 is 4.79 Å². The summed E-state index contributed by atoms with van der Waals surface area (Å²) in [6.07, 6.45) is 2.84. The zero-order chi connectivity index (χ0) is 21.9. The number of carbonyl (C=O) groups excluding carboxylic acids is 1. The normalized spacial score (nSPS) is 14.9. The van der Waals surface area contributed by atoms with Crippen LogP contribution in [0.1, 0.15) is 28.4 Å². The smallest absolute Gasteiger partial charge is 0.318 e. The molecule has 1 aromatic heterocycles. The third kappa shape index (κ3) is 4.02. The largest absolute Gasteiger partial charge is 0.338 e. The lowest BCUT2D eigenvalue weighted by molar-refractivity contribution is 0.181. The second-order valence-electron chi connectivity index (χ2n) is 7.98. The number of benzene rings is 3. The Balaban J connectivity index is 1.50. The lowest BCUT2D eigenvalue weighted by atomic mass is 10.0. The van der Waals surface area contributed by atoms with Crippen molar-refractivity contribution in [1.82, 2.24) is 14.8 Å². The van der Waals surface area contributed by atoms with Gasteiger partial charge in [0.05, 0.1) is 18.3 Å². The number of amides is 2. The number of aromatic nitrogens is 1. The molecule has 1 aliphatic heterocycles. The van der Waals surface area contributed by atoms with Crippen molar-refractivity contribution in [2.45, 2.75) is 19.0 Å². The van der Waals surface area contributed by atoms with E-state index in [1.165, 1.54) is 5.56 Å². The quantitative estimate of drug-likeness (QED) is 0.415. The molecule has 0 saturated heterocycles. The molecule has 1 N–H and O–H groups in total. The molecule has 2 heterocycles. The van der Waals surface area contributed by atoms with Gasteiger partial charge in [-0.3, -0.25) is 0 Å². The summed E-state index contributed by atoms with van der Waals surface area (Å²) in [5.74, 6) is 0. The number of nitrogens with zero attached hydrogens (tertiary/aromatic N) is 2. The number of para-hydroxylation sites is 1. The summed E-state index contributed by atoms with van der Waals surface area (Å²) < 4.78 is 2.18. The zero-order valence-corrected chi connectivity index (χ0v) is 18.4. The van der Waals surface area contributed by atoms with Crippen molar-refractivity contribution in [2.24, 2.45) is 0 Å². The minimum Gasteiger partial charge on any atom is -0.338 e. The molecule has 4 aromatic rings. The minimum absolute atomic E-state index is 0.0876. The second-order valence-corrected chi connectivity index (χ2v) is 8.42. The lowest BCUT2D eigenvalue weighted by Gasteiger charge is -2.31. The Morgan fingerprint density at radius 3 is 2.59 bits per heavy atom. The van der Waals surface area contributed by atoms with Crippen LogP contribution >= 0.6 is 11.6 Å². The van der Waals surface area contributed by atoms with Crippen LogP contribution in [0.25, 0.3) is 5.69 Å². The molecule has 0 aliphatic carbocycles. The minimum atomic E-state index is -0.257. The standard InChI is InChI=1S/C27H24ClN3O/c28-23-12-6-11-21(18-23)26-25-14-7-17-30(25)24-13-5-4-10-22(24)19-31(26)27(32)29-16-15-20-8-2-1-3-9-20/h1-14,17-18,26H,15-16,19H2,(H,29,32)/t26-/m0/s1. The Hall–Kier alpha value is -3.50. The fourth-order valence-corrected chi connectivity index (χ4v) is 4.63. The third-order valence-corrected chi connectivity index (χ3v) is 6.16. The van der Waals surface area contributed by atoms with E-state index in [0.29, 0.717) is 18.1 Å². The summed E-state index contributed by atoms with van der Waals surface area (Å²) in [6, 6.07) is 30.0. The summed E-state index contributed by atoms with van der Waals surface area (Å²) in [7, 11) is 0. The molecule has 3 aromatic carbocycles. The van der Waals surface area contributed by atoms with Gasteiger partial charge in [0.2, 0.25) is 0 Å². The van der Waals surface area contributed by atoms with Gasteiger partial charge in [0.25, 0.3) is 0 Å². The molecule has 0 saturated carbocycles. The average Bonchev–Trinajstić information content (AvgIpc) is 3.24. The maximum absolute atomic E-state index is 13.5. The van der Waals surface area contributed by atoms with E-state index in [2.05, 4.69) is 46.4 Å². The van der Waals surface area contributed by atoms with Crippen molar-refractivity contribution >= 4 is 17.6 Å². The van der Waals surface area contributed by atoms with Gasteiger partial charge in [0.15, 0.2) is 0 Å². The molecule has 0 unspecified atom stereocenters. The highest BCUT2D eigenvalue weighted by Gasteiger charge is 2.32. The Morgan fingerprint density at radius 1 is 0.938 bits per heavy atom. The molecule has 0 radical (unpaired) electrons. The Morgan fingerprint density at radius 2 is 1.75 bits per heavy atom. The molecule has 0 spiro atoms. The van der Waals surface area contributed by atoms with Crippen LogP contribution in [0.5, 0.6) is 0 Å². The molecule has 5 heteroatoms.